The summed E-state index contributed by atoms with van der Waals surface area (Å²) in [6.45, 7) is 5.69. The first kappa shape index (κ1) is 13.2. The third-order valence-corrected chi connectivity index (χ3v) is 3.30. The van der Waals surface area contributed by atoms with Crippen LogP contribution in [-0.2, 0) is 11.3 Å². The zero-order valence-electron chi connectivity index (χ0n) is 9.95. The van der Waals surface area contributed by atoms with E-state index >= 15 is 0 Å². The molecule has 2 N–H and O–H groups in total. The van der Waals surface area contributed by atoms with Crippen molar-refractivity contribution in [3.8, 4) is 0 Å². The molecule has 90 valence electrons. The second-order valence-electron chi connectivity index (χ2n) is 3.88. The Bertz CT molecular complexity index is 298. The molecule has 0 aliphatic rings. The number of carbonyl (C=O) groups is 1. The molecule has 1 amide bonds. The summed E-state index contributed by atoms with van der Waals surface area (Å²) in [5.74, 6) is 0.132. The molecular weight excluding hydrogens is 220 g/mol. The molecule has 3 nitrogen and oxygen atoms in total. The standard InChI is InChI=1S/C12H20N2OS/c1-3-10(2)14-12(15)6-7-13-9-11-5-4-8-16-11/h4-5,8,10,13H,3,6-7,9H2,1-2H3,(H,14,15). The van der Waals surface area contributed by atoms with Crippen molar-refractivity contribution < 1.29 is 4.79 Å². The Morgan fingerprint density at radius 1 is 1.56 bits per heavy atom. The van der Waals surface area contributed by atoms with Gasteiger partial charge in [0.1, 0.15) is 0 Å². The smallest absolute Gasteiger partial charge is 0.221 e. The van der Waals surface area contributed by atoms with Crippen LogP contribution in [0.25, 0.3) is 0 Å². The van der Waals surface area contributed by atoms with Crippen molar-refractivity contribution in [2.24, 2.45) is 0 Å². The summed E-state index contributed by atoms with van der Waals surface area (Å²) in [5, 5.41) is 8.27. The van der Waals surface area contributed by atoms with E-state index in [-0.39, 0.29) is 11.9 Å². The fraction of sp³-hybridized carbons (Fsp3) is 0.583. The SMILES string of the molecule is CCC(C)NC(=O)CCNCc1cccs1. The molecule has 0 aliphatic heterocycles. The molecule has 0 radical (unpaired) electrons. The van der Waals surface area contributed by atoms with Crippen LogP contribution >= 0.6 is 11.3 Å². The van der Waals surface area contributed by atoms with E-state index in [0.717, 1.165) is 19.5 Å². The number of amides is 1. The van der Waals surface area contributed by atoms with Crippen LogP contribution in [-0.4, -0.2) is 18.5 Å². The maximum atomic E-state index is 11.4. The van der Waals surface area contributed by atoms with E-state index < -0.39 is 0 Å². The van der Waals surface area contributed by atoms with Crippen molar-refractivity contribution in [1.29, 1.82) is 0 Å². The largest absolute Gasteiger partial charge is 0.354 e. The molecule has 1 atom stereocenters. The molecule has 1 aromatic heterocycles. The highest BCUT2D eigenvalue weighted by Gasteiger charge is 2.04. The topological polar surface area (TPSA) is 41.1 Å². The molecule has 0 fully saturated rings. The average molecular weight is 240 g/mol. The minimum atomic E-state index is 0.132. The van der Waals surface area contributed by atoms with Gasteiger partial charge in [0.15, 0.2) is 0 Å². The molecule has 1 rings (SSSR count). The second kappa shape index (κ2) is 7.41. The highest BCUT2D eigenvalue weighted by molar-refractivity contribution is 7.09. The molecule has 0 bridgehead atoms. The Morgan fingerprint density at radius 2 is 2.38 bits per heavy atom. The molecule has 1 aromatic rings. The normalized spacial score (nSPS) is 12.4. The predicted molar refractivity (Wildman–Crippen MR) is 68.5 cm³/mol. The molecule has 0 saturated heterocycles. The van der Waals surface area contributed by atoms with Gasteiger partial charge in [0.25, 0.3) is 0 Å². The Balaban J connectivity index is 2.04. The van der Waals surface area contributed by atoms with Gasteiger partial charge in [0.2, 0.25) is 5.91 Å². The first-order valence-electron chi connectivity index (χ1n) is 5.74. The average Bonchev–Trinajstić information content (AvgIpc) is 2.77. The second-order valence-corrected chi connectivity index (χ2v) is 4.92. The predicted octanol–water partition coefficient (Wildman–Crippen LogP) is 2.14. The van der Waals surface area contributed by atoms with Crippen molar-refractivity contribution in [2.45, 2.75) is 39.3 Å². The van der Waals surface area contributed by atoms with Crippen LogP contribution in [0.15, 0.2) is 17.5 Å². The van der Waals surface area contributed by atoms with Gasteiger partial charge in [0.05, 0.1) is 0 Å². The number of thiophene rings is 1. The van der Waals surface area contributed by atoms with Crippen LogP contribution in [0.3, 0.4) is 0 Å². The van der Waals surface area contributed by atoms with Gasteiger partial charge in [-0.2, -0.15) is 0 Å². The van der Waals surface area contributed by atoms with Crippen LogP contribution in [0.2, 0.25) is 0 Å². The van der Waals surface area contributed by atoms with Crippen molar-refractivity contribution in [2.75, 3.05) is 6.54 Å². The van der Waals surface area contributed by atoms with E-state index in [1.165, 1.54) is 4.88 Å². The Kier molecular flexibility index (Phi) is 6.11. The zero-order chi connectivity index (χ0) is 11.8. The summed E-state index contributed by atoms with van der Waals surface area (Å²) in [5.41, 5.74) is 0. The number of hydrogen-bond donors (Lipinski definition) is 2. The maximum absolute atomic E-state index is 11.4. The minimum absolute atomic E-state index is 0.132. The zero-order valence-corrected chi connectivity index (χ0v) is 10.8. The van der Waals surface area contributed by atoms with Crippen molar-refractivity contribution >= 4 is 17.2 Å². The molecule has 1 unspecified atom stereocenters. The molecule has 0 spiro atoms. The van der Waals surface area contributed by atoms with Crippen LogP contribution in [0.4, 0.5) is 0 Å². The minimum Gasteiger partial charge on any atom is -0.354 e. The fourth-order valence-corrected chi connectivity index (χ4v) is 1.95. The molecule has 0 saturated carbocycles. The number of hydrogen-bond acceptors (Lipinski definition) is 3. The lowest BCUT2D eigenvalue weighted by Crippen LogP contribution is -2.33. The van der Waals surface area contributed by atoms with Gasteiger partial charge in [-0.25, -0.2) is 0 Å². The van der Waals surface area contributed by atoms with E-state index in [0.29, 0.717) is 6.42 Å². The quantitative estimate of drug-likeness (QED) is 0.717. The molecule has 1 heterocycles. The highest BCUT2D eigenvalue weighted by atomic mass is 32.1. The summed E-state index contributed by atoms with van der Waals surface area (Å²) in [6, 6.07) is 4.42. The highest BCUT2D eigenvalue weighted by Crippen LogP contribution is 2.07. The van der Waals surface area contributed by atoms with E-state index in [9.17, 15) is 4.79 Å². The van der Waals surface area contributed by atoms with Gasteiger partial charge in [-0.05, 0) is 24.8 Å². The van der Waals surface area contributed by atoms with Gasteiger partial charge in [-0.1, -0.05) is 13.0 Å². The van der Waals surface area contributed by atoms with Gasteiger partial charge in [-0.3, -0.25) is 4.79 Å². The lowest BCUT2D eigenvalue weighted by molar-refractivity contribution is -0.121. The summed E-state index contributed by atoms with van der Waals surface area (Å²) in [4.78, 5) is 12.7. The first-order chi connectivity index (χ1) is 7.72. The van der Waals surface area contributed by atoms with Gasteiger partial charge >= 0.3 is 0 Å². The van der Waals surface area contributed by atoms with Crippen LogP contribution < -0.4 is 10.6 Å². The van der Waals surface area contributed by atoms with E-state index in [2.05, 4.69) is 29.0 Å². The van der Waals surface area contributed by atoms with Crippen LogP contribution in [0, 0.1) is 0 Å². The number of rotatable bonds is 7. The fourth-order valence-electron chi connectivity index (χ4n) is 1.28. The first-order valence-corrected chi connectivity index (χ1v) is 6.62. The summed E-state index contributed by atoms with van der Waals surface area (Å²) in [6.07, 6.45) is 1.53. The molecule has 4 heteroatoms. The van der Waals surface area contributed by atoms with Gasteiger partial charge in [-0.15, -0.1) is 11.3 Å². The van der Waals surface area contributed by atoms with Crippen molar-refractivity contribution in [1.82, 2.24) is 10.6 Å². The van der Waals surface area contributed by atoms with E-state index in [4.69, 9.17) is 0 Å². The van der Waals surface area contributed by atoms with Crippen LogP contribution in [0.1, 0.15) is 31.6 Å². The summed E-state index contributed by atoms with van der Waals surface area (Å²) >= 11 is 1.73. The van der Waals surface area contributed by atoms with Crippen molar-refractivity contribution in [3.05, 3.63) is 22.4 Å². The van der Waals surface area contributed by atoms with Gasteiger partial charge < -0.3 is 10.6 Å². The molecule has 0 aromatic carbocycles. The van der Waals surface area contributed by atoms with E-state index in [1.807, 2.05) is 13.0 Å². The molecule has 0 aliphatic carbocycles. The van der Waals surface area contributed by atoms with E-state index in [1.54, 1.807) is 11.3 Å². The third-order valence-electron chi connectivity index (χ3n) is 2.43. The molecular formula is C12H20N2OS. The lowest BCUT2D eigenvalue weighted by Gasteiger charge is -2.11. The summed E-state index contributed by atoms with van der Waals surface area (Å²) < 4.78 is 0. The monoisotopic (exact) mass is 240 g/mol. The summed E-state index contributed by atoms with van der Waals surface area (Å²) in [7, 11) is 0. The third kappa shape index (κ3) is 5.28. The number of carbonyl (C=O) groups excluding carboxylic acids is 1. The Hall–Kier alpha value is -0.870. The Morgan fingerprint density at radius 3 is 3.00 bits per heavy atom. The maximum Gasteiger partial charge on any atom is 0.221 e. The van der Waals surface area contributed by atoms with Crippen LogP contribution in [0.5, 0.6) is 0 Å². The van der Waals surface area contributed by atoms with Gasteiger partial charge in [0, 0.05) is 30.4 Å². The Labute approximate surface area is 101 Å². The van der Waals surface area contributed by atoms with Crippen molar-refractivity contribution in [3.63, 3.8) is 0 Å². The lowest BCUT2D eigenvalue weighted by atomic mass is 10.2. The number of nitrogens with one attached hydrogen (secondary N) is 2. The molecule has 16 heavy (non-hydrogen) atoms.